The normalized spacial score (nSPS) is 22.3. The highest BCUT2D eigenvalue weighted by Gasteiger charge is 2.38. The maximum atomic E-state index is 10.9. The van der Waals surface area contributed by atoms with Crippen molar-refractivity contribution in [3.8, 4) is 0 Å². The Labute approximate surface area is 114 Å². The molecule has 2 aliphatic rings. The van der Waals surface area contributed by atoms with E-state index in [-0.39, 0.29) is 5.54 Å². The average Bonchev–Trinajstić information content (AvgIpc) is 3.11. The van der Waals surface area contributed by atoms with Gasteiger partial charge in [0.05, 0.1) is 5.54 Å². The van der Waals surface area contributed by atoms with Crippen molar-refractivity contribution in [2.75, 3.05) is 0 Å². The Kier molecular flexibility index (Phi) is 3.52. The van der Waals surface area contributed by atoms with Crippen LogP contribution in [0.5, 0.6) is 0 Å². The van der Waals surface area contributed by atoms with Gasteiger partial charge in [0.15, 0.2) is 0 Å². The molecule has 0 N–H and O–H groups in total. The van der Waals surface area contributed by atoms with Crippen LogP contribution in [0.1, 0.15) is 68.4 Å². The van der Waals surface area contributed by atoms with Gasteiger partial charge < -0.3 is 0 Å². The highest BCUT2D eigenvalue weighted by Crippen LogP contribution is 2.47. The maximum absolute atomic E-state index is 10.9. The lowest BCUT2D eigenvalue weighted by Crippen LogP contribution is -2.21. The molecule has 0 bridgehead atoms. The molecule has 0 aromatic heterocycles. The number of hydrogen-bond acceptors (Lipinski definition) is 2. The minimum Gasteiger partial charge on any atom is -0.211 e. The molecule has 0 atom stereocenters. The third-order valence-corrected chi connectivity index (χ3v) is 4.95. The summed E-state index contributed by atoms with van der Waals surface area (Å²) >= 11 is 0. The number of aliphatic imine (C=N–C) groups is 1. The molecule has 2 nitrogen and oxygen atoms in total. The second-order valence-corrected chi connectivity index (χ2v) is 6.01. The van der Waals surface area contributed by atoms with Crippen molar-refractivity contribution < 1.29 is 4.79 Å². The molecule has 1 aromatic rings. The first-order chi connectivity index (χ1) is 9.36. The zero-order valence-corrected chi connectivity index (χ0v) is 11.4. The fourth-order valence-electron chi connectivity index (χ4n) is 4.00. The van der Waals surface area contributed by atoms with Gasteiger partial charge in [-0.15, -0.1) is 0 Å². The predicted molar refractivity (Wildman–Crippen MR) is 75.9 cm³/mol. The van der Waals surface area contributed by atoms with Crippen LogP contribution in [0.25, 0.3) is 0 Å². The van der Waals surface area contributed by atoms with Crippen LogP contribution in [0.15, 0.2) is 29.3 Å². The first-order valence-corrected chi connectivity index (χ1v) is 7.54. The number of benzene rings is 1. The van der Waals surface area contributed by atoms with Crippen molar-refractivity contribution in [3.05, 3.63) is 35.4 Å². The molecule has 0 saturated heterocycles. The van der Waals surface area contributed by atoms with Crippen LogP contribution in [0, 0.1) is 0 Å². The quantitative estimate of drug-likeness (QED) is 0.579. The molecule has 0 radical (unpaired) electrons. The van der Waals surface area contributed by atoms with E-state index in [0.717, 1.165) is 12.8 Å². The Morgan fingerprint density at radius 2 is 1.74 bits per heavy atom. The molecule has 2 aliphatic carbocycles. The predicted octanol–water partition coefficient (Wildman–Crippen LogP) is 4.45. The van der Waals surface area contributed by atoms with Crippen molar-refractivity contribution in [1.29, 1.82) is 0 Å². The first-order valence-electron chi connectivity index (χ1n) is 7.54. The Morgan fingerprint density at radius 3 is 2.42 bits per heavy atom. The molecule has 2 fully saturated rings. The molecule has 3 rings (SSSR count). The zero-order chi connectivity index (χ0) is 13.1. The van der Waals surface area contributed by atoms with Gasteiger partial charge in [-0.05, 0) is 42.7 Å². The van der Waals surface area contributed by atoms with Gasteiger partial charge in [0.1, 0.15) is 0 Å². The number of nitrogens with zero attached hydrogens (tertiary/aromatic N) is 1. The van der Waals surface area contributed by atoms with Crippen LogP contribution in [-0.2, 0) is 10.3 Å². The minimum atomic E-state index is -0.263. The van der Waals surface area contributed by atoms with Crippen molar-refractivity contribution in [2.45, 2.75) is 62.8 Å². The monoisotopic (exact) mass is 255 g/mol. The molecule has 0 heterocycles. The van der Waals surface area contributed by atoms with Crippen molar-refractivity contribution >= 4 is 6.08 Å². The summed E-state index contributed by atoms with van der Waals surface area (Å²) in [6.45, 7) is 0. The van der Waals surface area contributed by atoms with E-state index < -0.39 is 0 Å². The molecule has 0 amide bonds. The molecule has 0 aliphatic heterocycles. The third kappa shape index (κ3) is 2.26. The van der Waals surface area contributed by atoms with E-state index in [9.17, 15) is 4.79 Å². The van der Waals surface area contributed by atoms with E-state index in [0.29, 0.717) is 5.92 Å². The summed E-state index contributed by atoms with van der Waals surface area (Å²) in [4.78, 5) is 15.1. The molecule has 2 heteroatoms. The largest absolute Gasteiger partial charge is 0.235 e. The SMILES string of the molecule is O=C=NC1(c2ccccc2C2CCCC2)CCCC1. The van der Waals surface area contributed by atoms with Gasteiger partial charge in [0.2, 0.25) is 6.08 Å². The number of isocyanates is 1. The summed E-state index contributed by atoms with van der Waals surface area (Å²) in [7, 11) is 0. The second kappa shape index (κ2) is 5.30. The van der Waals surface area contributed by atoms with Crippen LogP contribution < -0.4 is 0 Å². The number of carbonyl (C=O) groups excluding carboxylic acids is 1. The molecular formula is C17H21NO. The summed E-state index contributed by atoms with van der Waals surface area (Å²) in [5, 5.41) is 0. The second-order valence-electron chi connectivity index (χ2n) is 6.01. The molecule has 1 aromatic carbocycles. The van der Waals surface area contributed by atoms with Gasteiger partial charge >= 0.3 is 0 Å². The van der Waals surface area contributed by atoms with Gasteiger partial charge in [-0.25, -0.2) is 4.79 Å². The Balaban J connectivity index is 2.05. The van der Waals surface area contributed by atoms with Gasteiger partial charge in [0, 0.05) is 0 Å². The van der Waals surface area contributed by atoms with Crippen LogP contribution in [0.3, 0.4) is 0 Å². The van der Waals surface area contributed by atoms with Crippen LogP contribution in [0.2, 0.25) is 0 Å². The zero-order valence-electron chi connectivity index (χ0n) is 11.4. The molecule has 100 valence electrons. The highest BCUT2D eigenvalue weighted by atomic mass is 16.1. The van der Waals surface area contributed by atoms with Gasteiger partial charge in [-0.2, -0.15) is 4.99 Å². The summed E-state index contributed by atoms with van der Waals surface area (Å²) < 4.78 is 0. The minimum absolute atomic E-state index is 0.263. The summed E-state index contributed by atoms with van der Waals surface area (Å²) in [6, 6.07) is 8.67. The van der Waals surface area contributed by atoms with Gasteiger partial charge in [-0.3, -0.25) is 0 Å². The molecular weight excluding hydrogens is 234 g/mol. The van der Waals surface area contributed by atoms with Crippen molar-refractivity contribution in [2.24, 2.45) is 4.99 Å². The summed E-state index contributed by atoms with van der Waals surface area (Å²) in [5.41, 5.74) is 2.49. The van der Waals surface area contributed by atoms with Gasteiger partial charge in [0.25, 0.3) is 0 Å². The van der Waals surface area contributed by atoms with Gasteiger partial charge in [-0.1, -0.05) is 49.9 Å². The van der Waals surface area contributed by atoms with E-state index in [2.05, 4.69) is 29.3 Å². The summed E-state index contributed by atoms with van der Waals surface area (Å²) in [5.74, 6) is 0.676. The maximum Gasteiger partial charge on any atom is 0.235 e. The van der Waals surface area contributed by atoms with Crippen molar-refractivity contribution in [1.82, 2.24) is 0 Å². The van der Waals surface area contributed by atoms with E-state index in [1.165, 1.54) is 49.7 Å². The number of hydrogen-bond donors (Lipinski definition) is 0. The summed E-state index contributed by atoms with van der Waals surface area (Å²) in [6.07, 6.45) is 11.4. The fraction of sp³-hybridized carbons (Fsp3) is 0.588. The molecule has 19 heavy (non-hydrogen) atoms. The fourth-order valence-corrected chi connectivity index (χ4v) is 4.00. The van der Waals surface area contributed by atoms with E-state index in [1.807, 2.05) is 6.08 Å². The molecule has 0 spiro atoms. The molecule has 0 unspecified atom stereocenters. The average molecular weight is 255 g/mol. The lowest BCUT2D eigenvalue weighted by atomic mass is 9.81. The Hall–Kier alpha value is -1.40. The Morgan fingerprint density at radius 1 is 1.05 bits per heavy atom. The smallest absolute Gasteiger partial charge is 0.211 e. The number of rotatable bonds is 3. The molecule has 2 saturated carbocycles. The van der Waals surface area contributed by atoms with E-state index in [1.54, 1.807) is 0 Å². The van der Waals surface area contributed by atoms with E-state index >= 15 is 0 Å². The van der Waals surface area contributed by atoms with E-state index in [4.69, 9.17) is 0 Å². The third-order valence-electron chi connectivity index (χ3n) is 4.95. The first kappa shape index (κ1) is 12.6. The lowest BCUT2D eigenvalue weighted by Gasteiger charge is -2.28. The van der Waals surface area contributed by atoms with Crippen LogP contribution in [-0.4, -0.2) is 6.08 Å². The Bertz CT molecular complexity index is 490. The highest BCUT2D eigenvalue weighted by molar-refractivity contribution is 5.43. The standard InChI is InChI=1S/C17H21NO/c19-13-18-17(11-5-6-12-17)16-10-4-3-9-15(16)14-7-1-2-8-14/h3-4,9-10,14H,1-2,5-8,11-12H2. The van der Waals surface area contributed by atoms with Crippen LogP contribution >= 0.6 is 0 Å². The topological polar surface area (TPSA) is 29.4 Å². The lowest BCUT2D eigenvalue weighted by molar-refractivity contribution is 0.448. The van der Waals surface area contributed by atoms with Crippen LogP contribution in [0.4, 0.5) is 0 Å². The van der Waals surface area contributed by atoms with Crippen molar-refractivity contribution in [3.63, 3.8) is 0 Å².